The summed E-state index contributed by atoms with van der Waals surface area (Å²) in [6.07, 6.45) is 0.361. The van der Waals surface area contributed by atoms with Crippen LogP contribution < -0.4 is 9.46 Å². The van der Waals surface area contributed by atoms with Gasteiger partial charge in [-0.1, -0.05) is 12.1 Å². The molecule has 2 atom stereocenters. The van der Waals surface area contributed by atoms with E-state index in [1.165, 1.54) is 0 Å². The third kappa shape index (κ3) is 5.20. The minimum atomic E-state index is -3.34. The van der Waals surface area contributed by atoms with Gasteiger partial charge in [0.15, 0.2) is 0 Å². The Morgan fingerprint density at radius 2 is 2.05 bits per heavy atom. The molecule has 0 radical (unpaired) electrons. The Morgan fingerprint density at radius 1 is 1.36 bits per heavy atom. The standard InChI is InChI=1S/C14H21FN2O4S/c1-22(19,20)16-13-9-17(10-14(13)18)8-11-2-4-12(5-3-11)21-7-6-15/h2-5,13-14,16,18H,6-10H2,1H3/t13-,14-/m1/s1. The summed E-state index contributed by atoms with van der Waals surface area (Å²) in [6.45, 7) is 0.975. The molecule has 6 nitrogen and oxygen atoms in total. The molecule has 0 aromatic heterocycles. The number of hydrogen-bond acceptors (Lipinski definition) is 5. The van der Waals surface area contributed by atoms with Crippen LogP contribution in [0.3, 0.4) is 0 Å². The van der Waals surface area contributed by atoms with Crippen molar-refractivity contribution in [3.8, 4) is 5.75 Å². The van der Waals surface area contributed by atoms with E-state index in [0.29, 0.717) is 25.4 Å². The summed E-state index contributed by atoms with van der Waals surface area (Å²) in [4.78, 5) is 1.98. The third-order valence-corrected chi connectivity index (χ3v) is 4.14. The second kappa shape index (κ2) is 7.36. The van der Waals surface area contributed by atoms with E-state index in [2.05, 4.69) is 4.72 Å². The fourth-order valence-electron chi connectivity index (χ4n) is 2.49. The molecule has 1 aliphatic rings. The van der Waals surface area contributed by atoms with Gasteiger partial charge in [0.2, 0.25) is 10.0 Å². The van der Waals surface area contributed by atoms with Gasteiger partial charge in [-0.2, -0.15) is 0 Å². The zero-order valence-corrected chi connectivity index (χ0v) is 13.2. The smallest absolute Gasteiger partial charge is 0.209 e. The van der Waals surface area contributed by atoms with Crippen molar-refractivity contribution in [3.63, 3.8) is 0 Å². The maximum atomic E-state index is 12.0. The number of benzene rings is 1. The highest BCUT2D eigenvalue weighted by Gasteiger charge is 2.32. The molecule has 1 saturated heterocycles. The number of aliphatic hydroxyl groups excluding tert-OH is 1. The Hall–Kier alpha value is -1.22. The van der Waals surface area contributed by atoms with Crippen LogP contribution in [0.2, 0.25) is 0 Å². The summed E-state index contributed by atoms with van der Waals surface area (Å²) in [5.74, 6) is 0.611. The summed E-state index contributed by atoms with van der Waals surface area (Å²) >= 11 is 0. The van der Waals surface area contributed by atoms with Crippen LogP contribution in [0.1, 0.15) is 5.56 Å². The van der Waals surface area contributed by atoms with Gasteiger partial charge in [0.05, 0.1) is 18.4 Å². The van der Waals surface area contributed by atoms with Gasteiger partial charge in [-0.3, -0.25) is 4.90 Å². The molecule has 0 saturated carbocycles. The van der Waals surface area contributed by atoms with Crippen molar-refractivity contribution in [1.29, 1.82) is 0 Å². The summed E-state index contributed by atoms with van der Waals surface area (Å²) in [6, 6.07) is 6.80. The Balaban J connectivity index is 1.89. The number of likely N-dealkylation sites (tertiary alicyclic amines) is 1. The van der Waals surface area contributed by atoms with Gasteiger partial charge in [0.25, 0.3) is 0 Å². The molecule has 1 aromatic rings. The topological polar surface area (TPSA) is 78.9 Å². The molecule has 0 bridgehead atoms. The molecule has 1 fully saturated rings. The minimum absolute atomic E-state index is 0.0382. The lowest BCUT2D eigenvalue weighted by Crippen LogP contribution is -2.42. The van der Waals surface area contributed by atoms with Gasteiger partial charge in [-0.05, 0) is 17.7 Å². The van der Waals surface area contributed by atoms with E-state index in [1.807, 2.05) is 17.0 Å². The van der Waals surface area contributed by atoms with Crippen LogP contribution in [0.15, 0.2) is 24.3 Å². The van der Waals surface area contributed by atoms with E-state index in [9.17, 15) is 17.9 Å². The molecular formula is C14H21FN2O4S. The Kier molecular flexibility index (Phi) is 5.74. The number of nitrogens with one attached hydrogen (secondary N) is 1. The number of alkyl halides is 1. The average molecular weight is 332 g/mol. The minimum Gasteiger partial charge on any atom is -0.491 e. The monoisotopic (exact) mass is 332 g/mol. The first-order chi connectivity index (χ1) is 10.4. The number of β-amino-alcohol motifs (C(OH)–C–C–N with tert-alkyl or cyclic N) is 1. The number of rotatable bonds is 7. The lowest BCUT2D eigenvalue weighted by atomic mass is 10.2. The largest absolute Gasteiger partial charge is 0.491 e. The van der Waals surface area contributed by atoms with E-state index in [0.717, 1.165) is 11.8 Å². The SMILES string of the molecule is CS(=O)(=O)N[C@@H]1CN(Cc2ccc(OCCF)cc2)C[C@H]1O. The summed E-state index contributed by atoms with van der Waals surface area (Å²) in [5.41, 5.74) is 1.01. The highest BCUT2D eigenvalue weighted by atomic mass is 32.2. The molecule has 2 N–H and O–H groups in total. The van der Waals surface area contributed by atoms with Crippen LogP contribution >= 0.6 is 0 Å². The molecule has 0 unspecified atom stereocenters. The van der Waals surface area contributed by atoms with Crippen LogP contribution in [-0.4, -0.2) is 63.2 Å². The molecule has 1 aliphatic heterocycles. The quantitative estimate of drug-likeness (QED) is 0.742. The predicted octanol–water partition coefficient (Wildman–Crippen LogP) is 0.129. The number of aliphatic hydroxyl groups is 1. The molecule has 1 aromatic carbocycles. The number of nitrogens with zero attached hydrogens (tertiary/aromatic N) is 1. The van der Waals surface area contributed by atoms with E-state index >= 15 is 0 Å². The van der Waals surface area contributed by atoms with Crippen molar-refractivity contribution in [2.24, 2.45) is 0 Å². The van der Waals surface area contributed by atoms with Crippen molar-refractivity contribution in [2.45, 2.75) is 18.7 Å². The molecule has 1 heterocycles. The van der Waals surface area contributed by atoms with Crippen molar-refractivity contribution in [3.05, 3.63) is 29.8 Å². The Labute approximate surface area is 129 Å². The second-order valence-corrected chi connectivity index (χ2v) is 7.22. The normalized spacial score (nSPS) is 22.9. The summed E-state index contributed by atoms with van der Waals surface area (Å²) in [5, 5.41) is 9.92. The molecule has 0 amide bonds. The lowest BCUT2D eigenvalue weighted by molar-refractivity contribution is 0.160. The van der Waals surface area contributed by atoms with Crippen LogP contribution in [0.25, 0.3) is 0 Å². The fraction of sp³-hybridized carbons (Fsp3) is 0.571. The third-order valence-electron chi connectivity index (χ3n) is 3.41. The number of sulfonamides is 1. The highest BCUT2D eigenvalue weighted by molar-refractivity contribution is 7.88. The van der Waals surface area contributed by atoms with Crippen LogP contribution in [-0.2, 0) is 16.6 Å². The lowest BCUT2D eigenvalue weighted by Gasteiger charge is -2.16. The Morgan fingerprint density at radius 3 is 2.64 bits per heavy atom. The van der Waals surface area contributed by atoms with Crippen LogP contribution in [0.4, 0.5) is 4.39 Å². The Bertz CT molecular complexity index is 579. The van der Waals surface area contributed by atoms with E-state index in [1.54, 1.807) is 12.1 Å². The van der Waals surface area contributed by atoms with Crippen molar-refractivity contribution >= 4 is 10.0 Å². The first-order valence-corrected chi connectivity index (χ1v) is 8.92. The van der Waals surface area contributed by atoms with E-state index in [4.69, 9.17) is 4.74 Å². The first-order valence-electron chi connectivity index (χ1n) is 7.03. The first kappa shape index (κ1) is 17.1. The summed E-state index contributed by atoms with van der Waals surface area (Å²) in [7, 11) is -3.34. The molecule has 124 valence electrons. The van der Waals surface area contributed by atoms with Crippen LogP contribution in [0.5, 0.6) is 5.75 Å². The number of hydrogen-bond donors (Lipinski definition) is 2. The van der Waals surface area contributed by atoms with Gasteiger partial charge in [-0.25, -0.2) is 17.5 Å². The van der Waals surface area contributed by atoms with Crippen molar-refractivity contribution in [1.82, 2.24) is 9.62 Å². The van der Waals surface area contributed by atoms with E-state index < -0.39 is 28.8 Å². The maximum absolute atomic E-state index is 12.0. The van der Waals surface area contributed by atoms with Crippen molar-refractivity contribution < 1.29 is 22.7 Å². The maximum Gasteiger partial charge on any atom is 0.209 e. The van der Waals surface area contributed by atoms with Gasteiger partial charge < -0.3 is 9.84 Å². The van der Waals surface area contributed by atoms with Crippen LogP contribution in [0, 0.1) is 0 Å². The zero-order chi connectivity index (χ0) is 16.2. The van der Waals surface area contributed by atoms with Crippen molar-refractivity contribution in [2.75, 3.05) is 32.6 Å². The fourth-order valence-corrected chi connectivity index (χ4v) is 3.27. The number of halogens is 1. The predicted molar refractivity (Wildman–Crippen MR) is 81.0 cm³/mol. The zero-order valence-electron chi connectivity index (χ0n) is 12.4. The molecule has 8 heteroatoms. The van der Waals surface area contributed by atoms with E-state index in [-0.39, 0.29) is 6.61 Å². The highest BCUT2D eigenvalue weighted by Crippen LogP contribution is 2.17. The second-order valence-electron chi connectivity index (χ2n) is 5.44. The van der Waals surface area contributed by atoms with Gasteiger partial charge in [-0.15, -0.1) is 0 Å². The average Bonchev–Trinajstić information content (AvgIpc) is 2.76. The summed E-state index contributed by atoms with van der Waals surface area (Å²) < 4.78 is 42.1. The molecule has 0 aliphatic carbocycles. The van der Waals surface area contributed by atoms with Gasteiger partial charge >= 0.3 is 0 Å². The number of ether oxygens (including phenoxy) is 1. The molecule has 2 rings (SSSR count). The van der Waals surface area contributed by atoms with Gasteiger partial charge in [0, 0.05) is 19.6 Å². The van der Waals surface area contributed by atoms with Gasteiger partial charge in [0.1, 0.15) is 19.0 Å². The molecule has 22 heavy (non-hydrogen) atoms. The molecule has 0 spiro atoms. The molecular weight excluding hydrogens is 311 g/mol.